The van der Waals surface area contributed by atoms with Crippen LogP contribution >= 0.6 is 11.6 Å². The molecule has 0 atom stereocenters. The highest BCUT2D eigenvalue weighted by atomic mass is 35.5. The zero-order chi connectivity index (χ0) is 10.8. The maximum atomic E-state index is 5.77. The van der Waals surface area contributed by atoms with Gasteiger partial charge >= 0.3 is 6.01 Å². The van der Waals surface area contributed by atoms with Crippen molar-refractivity contribution in [2.75, 3.05) is 0 Å². The van der Waals surface area contributed by atoms with Gasteiger partial charge in [-0.2, -0.15) is 0 Å². The summed E-state index contributed by atoms with van der Waals surface area (Å²) in [7, 11) is 1.89. The van der Waals surface area contributed by atoms with Crippen molar-refractivity contribution in [3.8, 4) is 11.8 Å². The van der Waals surface area contributed by atoms with Gasteiger partial charge in [-0.25, -0.2) is 4.98 Å². The zero-order valence-electron chi connectivity index (χ0n) is 8.57. The van der Waals surface area contributed by atoms with E-state index in [9.17, 15) is 0 Å². The van der Waals surface area contributed by atoms with Crippen molar-refractivity contribution >= 4 is 11.6 Å². The van der Waals surface area contributed by atoms with E-state index in [0.29, 0.717) is 11.0 Å². The number of aryl methyl sites for hydroxylation is 2. The van der Waals surface area contributed by atoms with E-state index in [4.69, 9.17) is 16.3 Å². The molecule has 0 unspecified atom stereocenters. The standard InChI is InChI=1S/C11H11ClN2O/c1-8-7-14(2)11(13-8)15-10-5-3-9(12)4-6-10/h3-7H,1-2H3. The third kappa shape index (κ3) is 2.30. The second-order valence-corrected chi connectivity index (χ2v) is 3.77. The van der Waals surface area contributed by atoms with Crippen molar-refractivity contribution in [3.05, 3.63) is 41.2 Å². The van der Waals surface area contributed by atoms with Crippen molar-refractivity contribution in [2.45, 2.75) is 6.92 Å². The molecule has 1 aromatic carbocycles. The van der Waals surface area contributed by atoms with Gasteiger partial charge in [-0.15, -0.1) is 0 Å². The Kier molecular flexibility index (Phi) is 2.64. The van der Waals surface area contributed by atoms with Gasteiger partial charge in [0.1, 0.15) is 5.75 Å². The van der Waals surface area contributed by atoms with Crippen molar-refractivity contribution in [3.63, 3.8) is 0 Å². The fourth-order valence-corrected chi connectivity index (χ4v) is 1.42. The highest BCUT2D eigenvalue weighted by Crippen LogP contribution is 2.21. The second-order valence-electron chi connectivity index (χ2n) is 3.33. The Balaban J connectivity index is 2.21. The third-order valence-corrected chi connectivity index (χ3v) is 2.23. The zero-order valence-corrected chi connectivity index (χ0v) is 9.32. The van der Waals surface area contributed by atoms with Crippen LogP contribution in [-0.2, 0) is 7.05 Å². The van der Waals surface area contributed by atoms with Crippen LogP contribution in [-0.4, -0.2) is 9.55 Å². The molecule has 4 heteroatoms. The van der Waals surface area contributed by atoms with Crippen molar-refractivity contribution in [1.82, 2.24) is 9.55 Å². The average Bonchev–Trinajstić information content (AvgIpc) is 2.49. The van der Waals surface area contributed by atoms with Crippen LogP contribution < -0.4 is 4.74 Å². The van der Waals surface area contributed by atoms with E-state index in [-0.39, 0.29) is 0 Å². The summed E-state index contributed by atoms with van der Waals surface area (Å²) in [5, 5.41) is 0.693. The molecule has 15 heavy (non-hydrogen) atoms. The first-order valence-corrected chi connectivity index (χ1v) is 4.96. The summed E-state index contributed by atoms with van der Waals surface area (Å²) in [5.41, 5.74) is 0.932. The summed E-state index contributed by atoms with van der Waals surface area (Å²) in [6.07, 6.45) is 1.91. The van der Waals surface area contributed by atoms with Gasteiger partial charge in [-0.05, 0) is 31.2 Å². The number of benzene rings is 1. The van der Waals surface area contributed by atoms with Crippen LogP contribution in [0.25, 0.3) is 0 Å². The van der Waals surface area contributed by atoms with E-state index in [0.717, 1.165) is 11.4 Å². The third-order valence-electron chi connectivity index (χ3n) is 1.98. The van der Waals surface area contributed by atoms with E-state index in [2.05, 4.69) is 4.98 Å². The molecule has 2 rings (SSSR count). The predicted octanol–water partition coefficient (Wildman–Crippen LogP) is 3.17. The van der Waals surface area contributed by atoms with Crippen LogP contribution in [0.1, 0.15) is 5.69 Å². The minimum atomic E-state index is 0.579. The summed E-state index contributed by atoms with van der Waals surface area (Å²) in [5.74, 6) is 0.730. The molecule has 0 radical (unpaired) electrons. The number of ether oxygens (including phenoxy) is 1. The molecule has 1 aromatic heterocycles. The quantitative estimate of drug-likeness (QED) is 0.781. The maximum Gasteiger partial charge on any atom is 0.301 e. The Morgan fingerprint density at radius 2 is 1.93 bits per heavy atom. The lowest BCUT2D eigenvalue weighted by atomic mass is 10.3. The number of nitrogens with zero attached hydrogens (tertiary/aromatic N) is 2. The number of imidazole rings is 1. The number of rotatable bonds is 2. The van der Waals surface area contributed by atoms with Crippen molar-refractivity contribution < 1.29 is 4.74 Å². The Hall–Kier alpha value is -1.48. The first kappa shape index (κ1) is 10.1. The lowest BCUT2D eigenvalue weighted by Crippen LogP contribution is -1.92. The molecule has 3 nitrogen and oxygen atoms in total. The molecular weight excluding hydrogens is 212 g/mol. The number of aromatic nitrogens is 2. The Morgan fingerprint density at radius 3 is 2.47 bits per heavy atom. The number of hydrogen-bond acceptors (Lipinski definition) is 2. The first-order valence-electron chi connectivity index (χ1n) is 4.58. The molecule has 0 fully saturated rings. The SMILES string of the molecule is Cc1cn(C)c(Oc2ccc(Cl)cc2)n1. The minimum Gasteiger partial charge on any atom is -0.426 e. The molecule has 1 heterocycles. The van der Waals surface area contributed by atoms with Crippen molar-refractivity contribution in [1.29, 1.82) is 0 Å². The molecule has 0 saturated heterocycles. The van der Waals surface area contributed by atoms with Crippen LogP contribution in [0.4, 0.5) is 0 Å². The van der Waals surface area contributed by atoms with Gasteiger partial charge < -0.3 is 9.30 Å². The van der Waals surface area contributed by atoms with Crippen LogP contribution in [0.5, 0.6) is 11.8 Å². The van der Waals surface area contributed by atoms with E-state index in [1.807, 2.05) is 36.9 Å². The Labute approximate surface area is 93.3 Å². The van der Waals surface area contributed by atoms with Crippen LogP contribution in [0.15, 0.2) is 30.5 Å². The fourth-order valence-electron chi connectivity index (χ4n) is 1.30. The second kappa shape index (κ2) is 3.95. The fraction of sp³-hybridized carbons (Fsp3) is 0.182. The summed E-state index contributed by atoms with van der Waals surface area (Å²) in [6.45, 7) is 1.93. The van der Waals surface area contributed by atoms with Gasteiger partial charge in [0.2, 0.25) is 0 Å². The van der Waals surface area contributed by atoms with Crippen molar-refractivity contribution in [2.24, 2.45) is 7.05 Å². The van der Waals surface area contributed by atoms with Gasteiger partial charge in [0, 0.05) is 18.3 Å². The van der Waals surface area contributed by atoms with E-state index in [1.54, 1.807) is 12.1 Å². The van der Waals surface area contributed by atoms with Gasteiger partial charge in [0.25, 0.3) is 0 Å². The Morgan fingerprint density at radius 1 is 1.27 bits per heavy atom. The summed E-state index contributed by atoms with van der Waals surface area (Å²) in [4.78, 5) is 4.24. The topological polar surface area (TPSA) is 27.1 Å². The number of halogens is 1. The highest BCUT2D eigenvalue weighted by molar-refractivity contribution is 6.30. The first-order chi connectivity index (χ1) is 7.15. The molecule has 0 N–H and O–H groups in total. The van der Waals surface area contributed by atoms with Gasteiger partial charge in [-0.1, -0.05) is 11.6 Å². The molecule has 0 amide bonds. The summed E-state index contributed by atoms with van der Waals surface area (Å²) < 4.78 is 7.42. The van der Waals surface area contributed by atoms with Gasteiger partial charge in [0.05, 0.1) is 5.69 Å². The normalized spacial score (nSPS) is 10.3. The molecule has 0 spiro atoms. The summed E-state index contributed by atoms with van der Waals surface area (Å²) >= 11 is 5.77. The molecular formula is C11H11ClN2O. The Bertz CT molecular complexity index is 462. The van der Waals surface area contributed by atoms with Gasteiger partial charge in [-0.3, -0.25) is 0 Å². The molecule has 0 aliphatic carbocycles. The van der Waals surface area contributed by atoms with E-state index in [1.165, 1.54) is 0 Å². The van der Waals surface area contributed by atoms with Gasteiger partial charge in [0.15, 0.2) is 0 Å². The smallest absolute Gasteiger partial charge is 0.301 e. The predicted molar refractivity (Wildman–Crippen MR) is 59.5 cm³/mol. The van der Waals surface area contributed by atoms with E-state index >= 15 is 0 Å². The van der Waals surface area contributed by atoms with E-state index < -0.39 is 0 Å². The molecule has 0 aliphatic heterocycles. The maximum absolute atomic E-state index is 5.77. The lowest BCUT2D eigenvalue weighted by Gasteiger charge is -2.04. The monoisotopic (exact) mass is 222 g/mol. The van der Waals surface area contributed by atoms with Crippen LogP contribution in [0, 0.1) is 6.92 Å². The average molecular weight is 223 g/mol. The highest BCUT2D eigenvalue weighted by Gasteiger charge is 2.04. The molecule has 0 bridgehead atoms. The summed E-state index contributed by atoms with van der Waals surface area (Å²) in [6, 6.07) is 7.77. The molecule has 0 aliphatic rings. The lowest BCUT2D eigenvalue weighted by molar-refractivity contribution is 0.424. The molecule has 2 aromatic rings. The van der Waals surface area contributed by atoms with Crippen LogP contribution in [0.3, 0.4) is 0 Å². The number of hydrogen-bond donors (Lipinski definition) is 0. The molecule has 78 valence electrons. The largest absolute Gasteiger partial charge is 0.426 e. The van der Waals surface area contributed by atoms with Crippen LogP contribution in [0.2, 0.25) is 5.02 Å². The minimum absolute atomic E-state index is 0.579. The molecule has 0 saturated carbocycles.